The average Bonchev–Trinajstić information content (AvgIpc) is 3.23. The summed E-state index contributed by atoms with van der Waals surface area (Å²) in [5, 5.41) is 6.56. The van der Waals surface area contributed by atoms with Crippen molar-refractivity contribution in [2.45, 2.75) is 0 Å². The van der Waals surface area contributed by atoms with Crippen molar-refractivity contribution in [3.05, 3.63) is 158 Å². The summed E-state index contributed by atoms with van der Waals surface area (Å²) in [5.41, 5.74) is 5.00. The number of pyridine rings is 2. The maximum Gasteiger partial charge on any atom is 0.182 e. The second kappa shape index (κ2) is 12.2. The molecule has 6 aromatic carbocycles. The molecular weight excluding hydrogens is 641 g/mol. The molecule has 0 amide bonds. The Hall–Kier alpha value is -7.32. The zero-order valence-electron chi connectivity index (χ0n) is 27.6. The molecule has 4 aromatic heterocycles. The Bertz CT molecular complexity index is 2570. The number of nitrogens with zero attached hydrogens (tertiary/aromatic N) is 8. The summed E-state index contributed by atoms with van der Waals surface area (Å²) in [6.45, 7) is 0. The summed E-state index contributed by atoms with van der Waals surface area (Å²) in [5.74, 6) is 3.38. The number of benzene rings is 6. The zero-order valence-corrected chi connectivity index (χ0v) is 27.6. The molecule has 0 fully saturated rings. The van der Waals surface area contributed by atoms with Crippen LogP contribution in [0.15, 0.2) is 158 Å². The minimum absolute atomic E-state index is 0.519. The van der Waals surface area contributed by atoms with E-state index in [2.05, 4.69) is 58.5 Å². The first-order valence-corrected chi connectivity index (χ1v) is 16.9. The molecule has 0 aliphatic carbocycles. The van der Waals surface area contributed by atoms with Gasteiger partial charge in [-0.2, -0.15) is 0 Å². The van der Waals surface area contributed by atoms with Crippen molar-refractivity contribution < 1.29 is 0 Å². The maximum atomic E-state index is 5.04. The predicted molar refractivity (Wildman–Crippen MR) is 205 cm³/mol. The van der Waals surface area contributed by atoms with E-state index in [1.165, 1.54) is 0 Å². The SMILES string of the molecule is c1ccc(-c2nc(-c3ccccn3)nc(-c3ccc4ccc5c(-c6nc(-c7ccccc7)nc(-c7ccccn7)n6)ccc6ccc3c4c65)n2)cc1. The van der Waals surface area contributed by atoms with E-state index in [-0.39, 0.29) is 0 Å². The Balaban J connectivity index is 1.20. The third-order valence-electron chi connectivity index (χ3n) is 9.27. The lowest BCUT2D eigenvalue weighted by molar-refractivity contribution is 1.06. The molecular formula is C44H26N8. The summed E-state index contributed by atoms with van der Waals surface area (Å²) in [7, 11) is 0. The van der Waals surface area contributed by atoms with Gasteiger partial charge < -0.3 is 0 Å². The molecule has 8 nitrogen and oxygen atoms in total. The molecule has 10 rings (SSSR count). The van der Waals surface area contributed by atoms with Crippen molar-refractivity contribution in [3.63, 3.8) is 0 Å². The van der Waals surface area contributed by atoms with Crippen LogP contribution in [0.25, 0.3) is 101 Å². The van der Waals surface area contributed by atoms with Gasteiger partial charge in [0.15, 0.2) is 34.9 Å². The molecule has 10 aromatic rings. The Morgan fingerprint density at radius 2 is 0.673 bits per heavy atom. The third kappa shape index (κ3) is 5.09. The van der Waals surface area contributed by atoms with Crippen LogP contribution in [0.5, 0.6) is 0 Å². The van der Waals surface area contributed by atoms with Gasteiger partial charge in [-0.3, -0.25) is 9.97 Å². The lowest BCUT2D eigenvalue weighted by Gasteiger charge is -2.16. The van der Waals surface area contributed by atoms with Gasteiger partial charge in [0.2, 0.25) is 0 Å². The Morgan fingerprint density at radius 3 is 1.10 bits per heavy atom. The standard InChI is InChI=1S/C44H26N8/c1-3-11-29(12-4-1)39-47-41(51-43(49-39)35-15-7-9-25-45-35)33-23-19-27-18-22-32-34(24-20-28-17-21-31(33)37(27)38(28)32)42-48-40(30-13-5-2-6-14-30)50-44(52-42)36-16-8-10-26-46-36/h1-26H. The van der Waals surface area contributed by atoms with Gasteiger partial charge in [0.05, 0.1) is 0 Å². The van der Waals surface area contributed by atoms with E-state index >= 15 is 0 Å². The lowest BCUT2D eigenvalue weighted by Crippen LogP contribution is -2.02. The van der Waals surface area contributed by atoms with E-state index in [1.54, 1.807) is 12.4 Å². The Morgan fingerprint density at radius 1 is 0.288 bits per heavy atom. The molecule has 0 radical (unpaired) electrons. The van der Waals surface area contributed by atoms with Crippen LogP contribution < -0.4 is 0 Å². The quantitative estimate of drug-likeness (QED) is 0.162. The number of hydrogen-bond acceptors (Lipinski definition) is 8. The summed E-state index contributed by atoms with van der Waals surface area (Å²) in [4.78, 5) is 38.9. The lowest BCUT2D eigenvalue weighted by atomic mass is 9.89. The van der Waals surface area contributed by atoms with Crippen molar-refractivity contribution in [2.75, 3.05) is 0 Å². The van der Waals surface area contributed by atoms with Crippen molar-refractivity contribution in [3.8, 4) is 68.6 Å². The van der Waals surface area contributed by atoms with Crippen molar-refractivity contribution in [2.24, 2.45) is 0 Å². The highest BCUT2D eigenvalue weighted by Gasteiger charge is 2.20. The number of aromatic nitrogens is 8. The van der Waals surface area contributed by atoms with Crippen LogP contribution in [0, 0.1) is 0 Å². The van der Waals surface area contributed by atoms with Crippen molar-refractivity contribution in [1.29, 1.82) is 0 Å². The molecule has 8 heteroatoms. The monoisotopic (exact) mass is 666 g/mol. The smallest absolute Gasteiger partial charge is 0.182 e. The molecule has 0 atom stereocenters. The molecule has 4 heterocycles. The molecule has 242 valence electrons. The number of rotatable bonds is 6. The van der Waals surface area contributed by atoms with Crippen LogP contribution in [0.3, 0.4) is 0 Å². The highest BCUT2D eigenvalue weighted by molar-refractivity contribution is 6.27. The maximum absolute atomic E-state index is 5.04. The van der Waals surface area contributed by atoms with Crippen molar-refractivity contribution in [1.82, 2.24) is 39.9 Å². The highest BCUT2D eigenvalue weighted by Crippen LogP contribution is 2.42. The topological polar surface area (TPSA) is 103 Å². The minimum Gasteiger partial charge on any atom is -0.253 e. The molecule has 0 saturated heterocycles. The second-order valence-corrected chi connectivity index (χ2v) is 12.4. The van der Waals surface area contributed by atoms with Crippen LogP contribution >= 0.6 is 0 Å². The fourth-order valence-corrected chi connectivity index (χ4v) is 6.84. The van der Waals surface area contributed by atoms with E-state index in [9.17, 15) is 0 Å². The highest BCUT2D eigenvalue weighted by atomic mass is 15.1. The van der Waals surface area contributed by atoms with Gasteiger partial charge in [0.25, 0.3) is 0 Å². The molecule has 0 aliphatic heterocycles. The van der Waals surface area contributed by atoms with E-state index in [0.717, 1.165) is 54.6 Å². The minimum atomic E-state index is 0.519. The molecule has 0 saturated carbocycles. The van der Waals surface area contributed by atoms with E-state index in [1.807, 2.05) is 97.1 Å². The van der Waals surface area contributed by atoms with Crippen LogP contribution in [-0.4, -0.2) is 39.9 Å². The van der Waals surface area contributed by atoms with Gasteiger partial charge in [0.1, 0.15) is 11.4 Å². The van der Waals surface area contributed by atoms with Crippen LogP contribution in [0.2, 0.25) is 0 Å². The largest absolute Gasteiger partial charge is 0.253 e. The first kappa shape index (κ1) is 29.6. The van der Waals surface area contributed by atoms with Gasteiger partial charge in [-0.05, 0) is 68.7 Å². The summed E-state index contributed by atoms with van der Waals surface area (Å²) < 4.78 is 0. The Labute approximate surface area is 298 Å². The van der Waals surface area contributed by atoms with Gasteiger partial charge in [-0.25, -0.2) is 29.9 Å². The fraction of sp³-hybridized carbons (Fsp3) is 0. The first-order valence-electron chi connectivity index (χ1n) is 16.9. The van der Waals surface area contributed by atoms with Gasteiger partial charge in [-0.15, -0.1) is 0 Å². The fourth-order valence-electron chi connectivity index (χ4n) is 6.84. The van der Waals surface area contributed by atoms with E-state index in [4.69, 9.17) is 29.9 Å². The second-order valence-electron chi connectivity index (χ2n) is 12.4. The normalized spacial score (nSPS) is 11.5. The summed E-state index contributed by atoms with van der Waals surface area (Å²) in [6, 6.07) is 48.6. The molecule has 0 bridgehead atoms. The molecule has 0 aliphatic rings. The van der Waals surface area contributed by atoms with Gasteiger partial charge >= 0.3 is 0 Å². The zero-order chi connectivity index (χ0) is 34.4. The summed E-state index contributed by atoms with van der Waals surface area (Å²) >= 11 is 0. The predicted octanol–water partition coefficient (Wildman–Crippen LogP) is 9.75. The van der Waals surface area contributed by atoms with Crippen molar-refractivity contribution >= 4 is 32.3 Å². The summed E-state index contributed by atoms with van der Waals surface area (Å²) in [6.07, 6.45) is 3.51. The first-order chi connectivity index (χ1) is 25.8. The van der Waals surface area contributed by atoms with Crippen LogP contribution in [0.1, 0.15) is 0 Å². The van der Waals surface area contributed by atoms with Gasteiger partial charge in [-0.1, -0.05) is 109 Å². The molecule has 0 unspecified atom stereocenters. The van der Waals surface area contributed by atoms with E-state index in [0.29, 0.717) is 46.3 Å². The Kier molecular flexibility index (Phi) is 6.95. The van der Waals surface area contributed by atoms with Crippen LogP contribution in [-0.2, 0) is 0 Å². The molecule has 0 spiro atoms. The van der Waals surface area contributed by atoms with E-state index < -0.39 is 0 Å². The molecule has 52 heavy (non-hydrogen) atoms. The average molecular weight is 667 g/mol. The third-order valence-corrected chi connectivity index (χ3v) is 9.27. The molecule has 0 N–H and O–H groups in total. The van der Waals surface area contributed by atoms with Gasteiger partial charge in [0, 0.05) is 34.6 Å². The number of hydrogen-bond donors (Lipinski definition) is 0. The van der Waals surface area contributed by atoms with Crippen LogP contribution in [0.4, 0.5) is 0 Å².